The van der Waals surface area contributed by atoms with Crippen molar-refractivity contribution >= 4 is 34.4 Å². The van der Waals surface area contributed by atoms with E-state index in [0.29, 0.717) is 0 Å². The van der Waals surface area contributed by atoms with E-state index in [9.17, 15) is 0 Å². The van der Waals surface area contributed by atoms with Gasteiger partial charge in [-0.2, -0.15) is 0 Å². The summed E-state index contributed by atoms with van der Waals surface area (Å²) in [5, 5.41) is 1.17. The molecule has 1 aromatic heterocycles. The lowest BCUT2D eigenvalue weighted by Crippen LogP contribution is -2.46. The number of nitrogens with zero attached hydrogens (tertiary/aromatic N) is 3. The fourth-order valence-electron chi connectivity index (χ4n) is 3.91. The molecule has 2 heterocycles. The summed E-state index contributed by atoms with van der Waals surface area (Å²) in [5.41, 5.74) is 5.39. The van der Waals surface area contributed by atoms with Crippen LogP contribution < -0.4 is 14.5 Å². The third-order valence-electron chi connectivity index (χ3n) is 5.36. The minimum Gasteiger partial charge on any atom is -0.497 e. The summed E-state index contributed by atoms with van der Waals surface area (Å²) in [6, 6.07) is 16.6. The summed E-state index contributed by atoms with van der Waals surface area (Å²) >= 11 is 0. The van der Waals surface area contributed by atoms with E-state index in [0.717, 1.165) is 48.7 Å². The molecule has 0 atom stereocenters. The van der Waals surface area contributed by atoms with Gasteiger partial charge < -0.3 is 14.5 Å². The average molecular weight is 371 g/mol. The van der Waals surface area contributed by atoms with E-state index in [2.05, 4.69) is 53.3 Å². The summed E-state index contributed by atoms with van der Waals surface area (Å²) < 4.78 is 5.27. The summed E-state index contributed by atoms with van der Waals surface area (Å²) in [6.45, 7) is 11.8. The summed E-state index contributed by atoms with van der Waals surface area (Å²) in [4.78, 5) is 9.63. The van der Waals surface area contributed by atoms with Gasteiger partial charge in [0.2, 0.25) is 0 Å². The van der Waals surface area contributed by atoms with Gasteiger partial charge in [0.1, 0.15) is 5.75 Å². The van der Waals surface area contributed by atoms with Gasteiger partial charge in [-0.3, -0.25) is 0 Å². The van der Waals surface area contributed by atoms with Crippen LogP contribution in [0, 0.1) is 0 Å². The Hall–Kier alpha value is -3.27. The standard InChI is InChI=1S/C24H25N3O/c1-4-20-22(5-2)25-23-9-7-6-8-21(23)24(20)27-16-14-26(15-17-27)18-10-12-19(28-3)13-11-18/h4-13H,1-2,14-17H2,3H3. The predicted molar refractivity (Wildman–Crippen MR) is 119 cm³/mol. The Balaban J connectivity index is 1.64. The highest BCUT2D eigenvalue weighted by Gasteiger charge is 2.22. The van der Waals surface area contributed by atoms with E-state index in [1.165, 1.54) is 16.8 Å². The Morgan fingerprint density at radius 2 is 1.57 bits per heavy atom. The van der Waals surface area contributed by atoms with Crippen LogP contribution in [0.2, 0.25) is 0 Å². The molecule has 0 saturated carbocycles. The number of piperazine rings is 1. The Bertz CT molecular complexity index is 1000. The van der Waals surface area contributed by atoms with Gasteiger partial charge in [-0.25, -0.2) is 4.98 Å². The van der Waals surface area contributed by atoms with E-state index in [1.807, 2.05) is 30.4 Å². The second-order valence-electron chi connectivity index (χ2n) is 6.86. The van der Waals surface area contributed by atoms with Gasteiger partial charge >= 0.3 is 0 Å². The second-order valence-corrected chi connectivity index (χ2v) is 6.86. The van der Waals surface area contributed by atoms with Crippen molar-refractivity contribution in [3.63, 3.8) is 0 Å². The van der Waals surface area contributed by atoms with E-state index >= 15 is 0 Å². The topological polar surface area (TPSA) is 28.6 Å². The molecule has 0 amide bonds. The van der Waals surface area contributed by atoms with Crippen LogP contribution in [0.15, 0.2) is 61.7 Å². The van der Waals surface area contributed by atoms with Gasteiger partial charge in [0.15, 0.2) is 0 Å². The zero-order valence-corrected chi connectivity index (χ0v) is 16.3. The normalized spacial score (nSPS) is 14.2. The van der Waals surface area contributed by atoms with Gasteiger partial charge in [0.05, 0.1) is 24.0 Å². The highest BCUT2D eigenvalue weighted by Crippen LogP contribution is 2.34. The number of aromatic nitrogens is 1. The van der Waals surface area contributed by atoms with Crippen LogP contribution in [0.5, 0.6) is 5.75 Å². The number of benzene rings is 2. The van der Waals surface area contributed by atoms with Crippen LogP contribution in [-0.4, -0.2) is 38.3 Å². The Morgan fingerprint density at radius 1 is 0.893 bits per heavy atom. The zero-order valence-electron chi connectivity index (χ0n) is 16.3. The number of anilines is 2. The summed E-state index contributed by atoms with van der Waals surface area (Å²) in [7, 11) is 1.70. The van der Waals surface area contributed by atoms with Gasteiger partial charge in [-0.15, -0.1) is 0 Å². The number of hydrogen-bond acceptors (Lipinski definition) is 4. The monoisotopic (exact) mass is 371 g/mol. The molecule has 2 aromatic carbocycles. The molecule has 4 nitrogen and oxygen atoms in total. The fraction of sp³-hybridized carbons (Fsp3) is 0.208. The van der Waals surface area contributed by atoms with Crippen molar-refractivity contribution < 1.29 is 4.74 Å². The molecule has 1 aliphatic heterocycles. The summed E-state index contributed by atoms with van der Waals surface area (Å²) in [6.07, 6.45) is 3.72. The zero-order chi connectivity index (χ0) is 19.5. The molecule has 0 bridgehead atoms. The number of methoxy groups -OCH3 is 1. The van der Waals surface area contributed by atoms with E-state index < -0.39 is 0 Å². The Kier molecular flexibility index (Phi) is 5.02. The van der Waals surface area contributed by atoms with E-state index in [4.69, 9.17) is 9.72 Å². The lowest BCUT2D eigenvalue weighted by molar-refractivity contribution is 0.415. The van der Waals surface area contributed by atoms with E-state index in [1.54, 1.807) is 7.11 Å². The SMILES string of the molecule is C=Cc1nc2ccccc2c(N2CCN(c3ccc(OC)cc3)CC2)c1C=C. The lowest BCUT2D eigenvalue weighted by Gasteiger charge is -2.38. The summed E-state index contributed by atoms with van der Waals surface area (Å²) in [5.74, 6) is 0.887. The van der Waals surface area contributed by atoms with Gasteiger partial charge in [0, 0.05) is 42.8 Å². The molecule has 0 N–H and O–H groups in total. The number of rotatable bonds is 5. The predicted octanol–water partition coefficient (Wildman–Crippen LogP) is 4.86. The molecule has 1 fully saturated rings. The minimum absolute atomic E-state index is 0.887. The molecule has 0 unspecified atom stereocenters. The van der Waals surface area contributed by atoms with Crippen molar-refractivity contribution in [2.75, 3.05) is 43.1 Å². The molecular formula is C24H25N3O. The average Bonchev–Trinajstić information content (AvgIpc) is 2.77. The van der Waals surface area contributed by atoms with Crippen molar-refractivity contribution in [3.05, 3.63) is 72.9 Å². The molecule has 3 aromatic rings. The van der Waals surface area contributed by atoms with Crippen LogP contribution in [0.3, 0.4) is 0 Å². The smallest absolute Gasteiger partial charge is 0.119 e. The van der Waals surface area contributed by atoms with Gasteiger partial charge in [-0.1, -0.05) is 37.4 Å². The first-order valence-electron chi connectivity index (χ1n) is 9.56. The van der Waals surface area contributed by atoms with Crippen LogP contribution >= 0.6 is 0 Å². The van der Waals surface area contributed by atoms with Crippen LogP contribution in [0.4, 0.5) is 11.4 Å². The molecule has 0 radical (unpaired) electrons. The number of fused-ring (bicyclic) bond motifs is 1. The molecular weight excluding hydrogens is 346 g/mol. The van der Waals surface area contributed by atoms with Crippen molar-refractivity contribution in [1.82, 2.24) is 4.98 Å². The number of hydrogen-bond donors (Lipinski definition) is 0. The highest BCUT2D eigenvalue weighted by atomic mass is 16.5. The third kappa shape index (κ3) is 3.22. The number of ether oxygens (including phenoxy) is 1. The van der Waals surface area contributed by atoms with Gasteiger partial charge in [0.25, 0.3) is 0 Å². The van der Waals surface area contributed by atoms with Crippen molar-refractivity contribution in [2.24, 2.45) is 0 Å². The molecule has 0 spiro atoms. The molecule has 1 aliphatic rings. The highest BCUT2D eigenvalue weighted by molar-refractivity contribution is 5.98. The molecule has 0 aliphatic carbocycles. The maximum atomic E-state index is 5.27. The Morgan fingerprint density at radius 3 is 2.21 bits per heavy atom. The molecule has 28 heavy (non-hydrogen) atoms. The molecule has 142 valence electrons. The van der Waals surface area contributed by atoms with E-state index in [-0.39, 0.29) is 0 Å². The molecule has 4 heteroatoms. The van der Waals surface area contributed by atoms with Crippen molar-refractivity contribution in [3.8, 4) is 5.75 Å². The first kappa shape index (κ1) is 18.1. The van der Waals surface area contributed by atoms with Crippen molar-refractivity contribution in [2.45, 2.75) is 0 Å². The minimum atomic E-state index is 0.887. The lowest BCUT2D eigenvalue weighted by atomic mass is 10.0. The largest absolute Gasteiger partial charge is 0.497 e. The quantitative estimate of drug-likeness (QED) is 0.641. The number of pyridine rings is 1. The maximum Gasteiger partial charge on any atom is 0.119 e. The van der Waals surface area contributed by atoms with Crippen LogP contribution in [-0.2, 0) is 0 Å². The number of para-hydroxylation sites is 1. The maximum absolute atomic E-state index is 5.27. The third-order valence-corrected chi connectivity index (χ3v) is 5.36. The molecule has 1 saturated heterocycles. The second kappa shape index (κ2) is 7.77. The fourth-order valence-corrected chi connectivity index (χ4v) is 3.91. The Labute approximate surface area is 166 Å². The van der Waals surface area contributed by atoms with Crippen LogP contribution in [0.1, 0.15) is 11.3 Å². The van der Waals surface area contributed by atoms with Gasteiger partial charge in [-0.05, 0) is 36.4 Å². The van der Waals surface area contributed by atoms with Crippen LogP contribution in [0.25, 0.3) is 23.1 Å². The molecule has 4 rings (SSSR count). The van der Waals surface area contributed by atoms with Crippen molar-refractivity contribution in [1.29, 1.82) is 0 Å². The first-order chi connectivity index (χ1) is 13.7. The first-order valence-corrected chi connectivity index (χ1v) is 9.56.